The lowest BCUT2D eigenvalue weighted by Crippen LogP contribution is -2.18. The molecule has 0 atom stereocenters. The number of benzene rings is 3. The van der Waals surface area contributed by atoms with Crippen LogP contribution in [0, 0.1) is 0 Å². The van der Waals surface area contributed by atoms with Gasteiger partial charge < -0.3 is 9.47 Å². The van der Waals surface area contributed by atoms with E-state index in [4.69, 9.17) is 9.47 Å². The molecular weight excluding hydrogens is 474 g/mol. The largest absolute Gasteiger partial charge is 0.497 e. The number of nitrogens with one attached hydrogen (secondary N) is 2. The minimum atomic E-state index is -3.85. The van der Waals surface area contributed by atoms with Crippen LogP contribution in [0.3, 0.4) is 0 Å². The van der Waals surface area contributed by atoms with Crippen molar-refractivity contribution in [2.24, 2.45) is 0 Å². The van der Waals surface area contributed by atoms with E-state index in [9.17, 15) is 13.2 Å². The third-order valence-electron chi connectivity index (χ3n) is 4.88. The SMILES string of the molecule is COc1ccc(-c2csc(NC(=O)c3ccccc3NS(=O)(=O)c3ccccc3)n2)c(OC)c1. The molecule has 4 aromatic rings. The topological polar surface area (TPSA) is 107 Å². The number of thiazole rings is 1. The predicted octanol–water partition coefficient (Wildman–Crippen LogP) is 4.88. The zero-order valence-corrected chi connectivity index (χ0v) is 19.9. The molecule has 1 amide bonds. The number of aromatic nitrogens is 1. The van der Waals surface area contributed by atoms with Crippen LogP contribution in [0.15, 0.2) is 83.1 Å². The van der Waals surface area contributed by atoms with Gasteiger partial charge in [0.2, 0.25) is 0 Å². The second-order valence-corrected chi connectivity index (χ2v) is 9.56. The molecule has 0 aliphatic heterocycles. The first-order chi connectivity index (χ1) is 16.4. The Kier molecular flexibility index (Phi) is 6.80. The quantitative estimate of drug-likeness (QED) is 0.361. The lowest BCUT2D eigenvalue weighted by atomic mass is 10.1. The molecule has 8 nitrogen and oxygen atoms in total. The van der Waals surface area contributed by atoms with Gasteiger partial charge >= 0.3 is 0 Å². The maximum atomic E-state index is 13.0. The van der Waals surface area contributed by atoms with Gasteiger partial charge in [0.1, 0.15) is 11.5 Å². The summed E-state index contributed by atoms with van der Waals surface area (Å²) < 4.78 is 38.6. The Morgan fingerprint density at radius 2 is 1.68 bits per heavy atom. The molecule has 10 heteroatoms. The second kappa shape index (κ2) is 9.94. The number of hydrogen-bond donors (Lipinski definition) is 2. The Labute approximate surface area is 201 Å². The van der Waals surface area contributed by atoms with Gasteiger partial charge in [-0.15, -0.1) is 11.3 Å². The van der Waals surface area contributed by atoms with Crippen LogP contribution in [0.1, 0.15) is 10.4 Å². The minimum Gasteiger partial charge on any atom is -0.497 e. The molecule has 1 aromatic heterocycles. The van der Waals surface area contributed by atoms with Crippen molar-refractivity contribution in [2.45, 2.75) is 4.90 Å². The van der Waals surface area contributed by atoms with Crippen molar-refractivity contribution in [3.63, 3.8) is 0 Å². The number of carbonyl (C=O) groups is 1. The van der Waals surface area contributed by atoms with E-state index in [0.717, 1.165) is 5.56 Å². The fraction of sp³-hybridized carbons (Fsp3) is 0.0833. The van der Waals surface area contributed by atoms with Crippen LogP contribution >= 0.6 is 11.3 Å². The van der Waals surface area contributed by atoms with Crippen molar-refractivity contribution < 1.29 is 22.7 Å². The summed E-state index contributed by atoms with van der Waals surface area (Å²) in [5.74, 6) is 0.746. The van der Waals surface area contributed by atoms with Gasteiger partial charge in [-0.2, -0.15) is 0 Å². The van der Waals surface area contributed by atoms with Crippen molar-refractivity contribution in [3.8, 4) is 22.8 Å². The van der Waals surface area contributed by atoms with Crippen molar-refractivity contribution in [3.05, 3.63) is 83.7 Å². The van der Waals surface area contributed by atoms with Gasteiger partial charge in [0.15, 0.2) is 5.13 Å². The minimum absolute atomic E-state index is 0.100. The molecule has 0 aliphatic carbocycles. The first-order valence-corrected chi connectivity index (χ1v) is 12.4. The summed E-state index contributed by atoms with van der Waals surface area (Å²) in [5, 5.41) is 4.90. The molecule has 1 heterocycles. The zero-order valence-electron chi connectivity index (χ0n) is 18.3. The Balaban J connectivity index is 1.56. The summed E-state index contributed by atoms with van der Waals surface area (Å²) in [5.41, 5.74) is 1.70. The number of methoxy groups -OCH3 is 2. The Bertz CT molecular complexity index is 1420. The van der Waals surface area contributed by atoms with E-state index in [2.05, 4.69) is 15.0 Å². The standard InChI is InChI=1S/C24H21N3O5S2/c1-31-16-12-13-18(22(14-16)32-2)21-15-33-24(25-21)26-23(28)19-10-6-7-11-20(19)27-34(29,30)17-8-4-3-5-9-17/h3-15,27H,1-2H3,(H,25,26,28). The number of amides is 1. The van der Waals surface area contributed by atoms with Crippen molar-refractivity contribution in [1.82, 2.24) is 4.98 Å². The van der Waals surface area contributed by atoms with E-state index in [0.29, 0.717) is 22.3 Å². The van der Waals surface area contributed by atoms with E-state index < -0.39 is 15.9 Å². The van der Waals surface area contributed by atoms with Crippen LogP contribution in [0.2, 0.25) is 0 Å². The van der Waals surface area contributed by atoms with Gasteiger partial charge in [0.25, 0.3) is 15.9 Å². The summed E-state index contributed by atoms with van der Waals surface area (Å²) in [7, 11) is -0.726. The first-order valence-electron chi connectivity index (χ1n) is 10.1. The molecule has 0 radical (unpaired) electrons. The van der Waals surface area contributed by atoms with Gasteiger partial charge in [-0.3, -0.25) is 14.8 Å². The fourth-order valence-electron chi connectivity index (χ4n) is 3.20. The lowest BCUT2D eigenvalue weighted by molar-refractivity contribution is 0.102. The molecule has 0 unspecified atom stereocenters. The third-order valence-corrected chi connectivity index (χ3v) is 7.02. The van der Waals surface area contributed by atoms with E-state index in [1.807, 2.05) is 6.07 Å². The molecule has 0 saturated carbocycles. The highest BCUT2D eigenvalue weighted by Gasteiger charge is 2.19. The molecule has 0 spiro atoms. The van der Waals surface area contributed by atoms with Crippen molar-refractivity contribution >= 4 is 38.1 Å². The van der Waals surface area contributed by atoms with Gasteiger partial charge in [0, 0.05) is 17.0 Å². The Morgan fingerprint density at radius 3 is 2.41 bits per heavy atom. The van der Waals surface area contributed by atoms with E-state index >= 15 is 0 Å². The number of carbonyl (C=O) groups excluding carboxylic acids is 1. The fourth-order valence-corrected chi connectivity index (χ4v) is 5.01. The average Bonchev–Trinajstić information content (AvgIpc) is 3.32. The number of para-hydroxylation sites is 1. The highest BCUT2D eigenvalue weighted by molar-refractivity contribution is 7.92. The maximum absolute atomic E-state index is 13.0. The number of hydrogen-bond acceptors (Lipinski definition) is 7. The van der Waals surface area contributed by atoms with Crippen LogP contribution in [0.4, 0.5) is 10.8 Å². The van der Waals surface area contributed by atoms with Crippen LogP contribution in [0.5, 0.6) is 11.5 Å². The average molecular weight is 496 g/mol. The van der Waals surface area contributed by atoms with Gasteiger partial charge in [-0.1, -0.05) is 30.3 Å². The van der Waals surface area contributed by atoms with E-state index in [1.165, 1.54) is 29.5 Å². The van der Waals surface area contributed by atoms with Gasteiger partial charge in [-0.05, 0) is 36.4 Å². The van der Waals surface area contributed by atoms with E-state index in [-0.39, 0.29) is 16.1 Å². The number of anilines is 2. The third kappa shape index (κ3) is 5.03. The summed E-state index contributed by atoms with van der Waals surface area (Å²) in [6.07, 6.45) is 0. The maximum Gasteiger partial charge on any atom is 0.261 e. The number of sulfonamides is 1. The second-order valence-electron chi connectivity index (χ2n) is 7.02. The first kappa shape index (κ1) is 23.3. The van der Waals surface area contributed by atoms with Crippen LogP contribution in [-0.2, 0) is 10.0 Å². The number of rotatable bonds is 8. The zero-order chi connectivity index (χ0) is 24.1. The smallest absolute Gasteiger partial charge is 0.261 e. The van der Waals surface area contributed by atoms with Crippen LogP contribution in [-0.4, -0.2) is 33.5 Å². The van der Waals surface area contributed by atoms with Gasteiger partial charge in [0.05, 0.1) is 36.1 Å². The molecule has 174 valence electrons. The Morgan fingerprint density at radius 1 is 0.941 bits per heavy atom. The number of ether oxygens (including phenoxy) is 2. The highest BCUT2D eigenvalue weighted by atomic mass is 32.2. The molecule has 0 fully saturated rings. The monoisotopic (exact) mass is 495 g/mol. The van der Waals surface area contributed by atoms with Crippen molar-refractivity contribution in [2.75, 3.05) is 24.3 Å². The summed E-state index contributed by atoms with van der Waals surface area (Å²) in [6, 6.07) is 19.7. The molecule has 2 N–H and O–H groups in total. The summed E-state index contributed by atoms with van der Waals surface area (Å²) >= 11 is 1.24. The molecule has 0 saturated heterocycles. The van der Waals surface area contributed by atoms with Crippen molar-refractivity contribution in [1.29, 1.82) is 0 Å². The molecule has 0 bridgehead atoms. The molecule has 4 rings (SSSR count). The number of nitrogens with zero attached hydrogens (tertiary/aromatic N) is 1. The van der Waals surface area contributed by atoms with Gasteiger partial charge in [-0.25, -0.2) is 13.4 Å². The lowest BCUT2D eigenvalue weighted by Gasteiger charge is -2.12. The Hall–Kier alpha value is -3.89. The van der Waals surface area contributed by atoms with Crippen LogP contribution in [0.25, 0.3) is 11.3 Å². The molecule has 34 heavy (non-hydrogen) atoms. The molecule has 0 aliphatic rings. The molecular formula is C24H21N3O5S2. The normalized spacial score (nSPS) is 11.0. The predicted molar refractivity (Wildman–Crippen MR) is 132 cm³/mol. The highest BCUT2D eigenvalue weighted by Crippen LogP contribution is 2.35. The molecule has 3 aromatic carbocycles. The summed E-state index contributed by atoms with van der Waals surface area (Å²) in [4.78, 5) is 17.6. The van der Waals surface area contributed by atoms with E-state index in [1.54, 1.807) is 68.1 Å². The van der Waals surface area contributed by atoms with Crippen LogP contribution < -0.4 is 19.5 Å². The summed E-state index contributed by atoms with van der Waals surface area (Å²) in [6.45, 7) is 0.